The van der Waals surface area contributed by atoms with E-state index in [1.165, 1.54) is 24.3 Å². The van der Waals surface area contributed by atoms with Crippen molar-refractivity contribution in [1.82, 2.24) is 24.9 Å². The Morgan fingerprint density at radius 1 is 1.00 bits per heavy atom. The number of hydrogen-bond donors (Lipinski definition) is 2. The predicted molar refractivity (Wildman–Crippen MR) is 155 cm³/mol. The van der Waals surface area contributed by atoms with E-state index in [9.17, 15) is 0 Å². The predicted octanol–water partition coefficient (Wildman–Crippen LogP) is 6.06. The van der Waals surface area contributed by atoms with Gasteiger partial charge in [-0.1, -0.05) is 0 Å². The van der Waals surface area contributed by atoms with Gasteiger partial charge < -0.3 is 10.6 Å². The third-order valence-corrected chi connectivity index (χ3v) is 8.42. The summed E-state index contributed by atoms with van der Waals surface area (Å²) in [6.07, 6.45) is 28.7. The minimum atomic E-state index is 0.398. The Hall–Kier alpha value is -3.53. The quantitative estimate of drug-likeness (QED) is 0.268. The van der Waals surface area contributed by atoms with Crippen LogP contribution in [0.4, 0.5) is 11.8 Å². The SMILES string of the molecule is C#C.C#C.Cc1nc(NCC2CC2)nc(N[C@H]2CC[C@@H](Cc3nccs3)C2)c1-c1nc2cnccc2s1. The highest BCUT2D eigenvalue weighted by molar-refractivity contribution is 7.21. The first-order valence-corrected chi connectivity index (χ1v) is 14.1. The van der Waals surface area contributed by atoms with Crippen LogP contribution in [0, 0.1) is 44.5 Å². The van der Waals surface area contributed by atoms with Crippen LogP contribution < -0.4 is 10.6 Å². The summed E-state index contributed by atoms with van der Waals surface area (Å²) in [5.74, 6) is 3.04. The van der Waals surface area contributed by atoms with Crippen molar-refractivity contribution in [2.24, 2.45) is 11.8 Å². The van der Waals surface area contributed by atoms with Crippen LogP contribution in [-0.2, 0) is 6.42 Å². The Morgan fingerprint density at radius 2 is 1.81 bits per heavy atom. The highest BCUT2D eigenvalue weighted by Gasteiger charge is 2.28. The third kappa shape index (κ3) is 6.62. The molecule has 4 heterocycles. The molecule has 0 aromatic carbocycles. The maximum absolute atomic E-state index is 4.95. The second-order valence-electron chi connectivity index (χ2n) is 9.19. The molecule has 190 valence electrons. The lowest BCUT2D eigenvalue weighted by molar-refractivity contribution is 0.538. The fourth-order valence-electron chi connectivity index (χ4n) is 4.64. The number of aromatic nitrogens is 5. The van der Waals surface area contributed by atoms with Gasteiger partial charge in [-0.15, -0.1) is 48.4 Å². The summed E-state index contributed by atoms with van der Waals surface area (Å²) in [6.45, 7) is 3.01. The van der Waals surface area contributed by atoms with Crippen LogP contribution in [0.25, 0.3) is 20.8 Å². The first-order valence-electron chi connectivity index (χ1n) is 12.4. The van der Waals surface area contributed by atoms with Crippen molar-refractivity contribution in [3.8, 4) is 36.3 Å². The molecule has 37 heavy (non-hydrogen) atoms. The Balaban J connectivity index is 0.000000765. The molecule has 9 heteroatoms. The van der Waals surface area contributed by atoms with Gasteiger partial charge in [0.1, 0.15) is 16.3 Å². The number of fused-ring (bicyclic) bond motifs is 1. The zero-order valence-electron chi connectivity index (χ0n) is 20.9. The van der Waals surface area contributed by atoms with E-state index in [1.54, 1.807) is 22.7 Å². The number of rotatable bonds is 8. The van der Waals surface area contributed by atoms with Crippen LogP contribution in [0.3, 0.4) is 0 Å². The third-order valence-electron chi connectivity index (χ3n) is 6.57. The van der Waals surface area contributed by atoms with E-state index in [1.807, 2.05) is 24.7 Å². The van der Waals surface area contributed by atoms with Crippen LogP contribution in [-0.4, -0.2) is 37.5 Å². The average molecular weight is 530 g/mol. The van der Waals surface area contributed by atoms with Crippen molar-refractivity contribution in [3.05, 3.63) is 40.7 Å². The highest BCUT2D eigenvalue weighted by Crippen LogP contribution is 2.38. The summed E-state index contributed by atoms with van der Waals surface area (Å²) < 4.78 is 1.13. The van der Waals surface area contributed by atoms with E-state index < -0.39 is 0 Å². The van der Waals surface area contributed by atoms with Gasteiger partial charge >= 0.3 is 0 Å². The molecule has 2 N–H and O–H groups in total. The smallest absolute Gasteiger partial charge is 0.224 e. The molecule has 0 saturated heterocycles. The largest absolute Gasteiger partial charge is 0.367 e. The Labute approximate surface area is 226 Å². The highest BCUT2D eigenvalue weighted by atomic mass is 32.1. The van der Waals surface area contributed by atoms with Gasteiger partial charge in [0.25, 0.3) is 0 Å². The standard InChI is InChI=1S/C24H27N7S2.2C2H2/c1-14-21(23-30-18-13-25-7-6-19(18)33-23)22(31-24(28-14)27-12-15-2-3-15)29-17-5-4-16(10-17)11-20-26-8-9-32-20;2*1-2/h6-9,13,15-17H,2-5,10-12H2,1H3,(H2,27,28,29,31);2*1-2H/t16-,17+;;/m1../s1. The summed E-state index contributed by atoms with van der Waals surface area (Å²) in [4.78, 5) is 23.3. The van der Waals surface area contributed by atoms with E-state index in [0.717, 1.165) is 64.0 Å². The molecule has 2 aliphatic carbocycles. The summed E-state index contributed by atoms with van der Waals surface area (Å²) in [5.41, 5.74) is 2.88. The minimum Gasteiger partial charge on any atom is -0.367 e. The van der Waals surface area contributed by atoms with Crippen LogP contribution in [0.2, 0.25) is 0 Å². The lowest BCUT2D eigenvalue weighted by atomic mass is 10.0. The lowest BCUT2D eigenvalue weighted by Gasteiger charge is -2.18. The number of nitrogens with one attached hydrogen (secondary N) is 2. The summed E-state index contributed by atoms with van der Waals surface area (Å²) in [7, 11) is 0. The van der Waals surface area contributed by atoms with Crippen molar-refractivity contribution in [3.63, 3.8) is 0 Å². The zero-order valence-corrected chi connectivity index (χ0v) is 22.6. The first kappa shape index (κ1) is 26.5. The maximum Gasteiger partial charge on any atom is 0.224 e. The molecule has 7 nitrogen and oxygen atoms in total. The number of nitrogens with zero attached hydrogens (tertiary/aromatic N) is 5. The van der Waals surface area contributed by atoms with Gasteiger partial charge in [-0.2, -0.15) is 4.98 Å². The average Bonchev–Trinajstić information content (AvgIpc) is 3.25. The fourth-order valence-corrected chi connectivity index (χ4v) is 6.41. The zero-order chi connectivity index (χ0) is 26.2. The molecule has 4 aromatic heterocycles. The molecule has 0 unspecified atom stereocenters. The van der Waals surface area contributed by atoms with Gasteiger partial charge in [0, 0.05) is 36.8 Å². The van der Waals surface area contributed by atoms with Gasteiger partial charge in [-0.05, 0) is 56.9 Å². The van der Waals surface area contributed by atoms with Crippen molar-refractivity contribution >= 4 is 44.7 Å². The fraction of sp³-hybridized carbons (Fsp3) is 0.393. The van der Waals surface area contributed by atoms with Crippen LogP contribution >= 0.6 is 22.7 Å². The summed E-state index contributed by atoms with van der Waals surface area (Å²) in [5, 5.41) is 11.5. The lowest BCUT2D eigenvalue weighted by Crippen LogP contribution is -2.19. The second kappa shape index (κ2) is 12.6. The number of anilines is 2. The molecule has 0 bridgehead atoms. The molecule has 2 saturated carbocycles. The van der Waals surface area contributed by atoms with Crippen molar-refractivity contribution in [1.29, 1.82) is 0 Å². The van der Waals surface area contributed by atoms with Gasteiger partial charge in [-0.25, -0.2) is 15.0 Å². The summed E-state index contributed by atoms with van der Waals surface area (Å²) in [6, 6.07) is 2.42. The molecular formula is C28H31N7S2. The van der Waals surface area contributed by atoms with Gasteiger partial charge in [-0.3, -0.25) is 4.98 Å². The Bertz CT molecular complexity index is 1300. The molecule has 0 radical (unpaired) electrons. The minimum absolute atomic E-state index is 0.398. The first-order chi connectivity index (χ1) is 18.2. The molecule has 0 spiro atoms. The van der Waals surface area contributed by atoms with Gasteiger partial charge in [0.2, 0.25) is 5.95 Å². The molecule has 2 atom stereocenters. The van der Waals surface area contributed by atoms with E-state index >= 15 is 0 Å². The van der Waals surface area contributed by atoms with Gasteiger partial charge in [0.15, 0.2) is 0 Å². The number of thiazole rings is 2. The van der Waals surface area contributed by atoms with Crippen molar-refractivity contribution in [2.45, 2.75) is 51.5 Å². The monoisotopic (exact) mass is 529 g/mol. The normalized spacial score (nSPS) is 18.3. The second-order valence-corrected chi connectivity index (χ2v) is 11.2. The molecule has 2 fully saturated rings. The van der Waals surface area contributed by atoms with Crippen molar-refractivity contribution < 1.29 is 0 Å². The van der Waals surface area contributed by atoms with Crippen LogP contribution in [0.5, 0.6) is 0 Å². The Morgan fingerprint density at radius 3 is 2.54 bits per heavy atom. The summed E-state index contributed by atoms with van der Waals surface area (Å²) >= 11 is 3.44. The molecule has 2 aliphatic rings. The molecule has 0 aliphatic heterocycles. The van der Waals surface area contributed by atoms with E-state index in [-0.39, 0.29) is 0 Å². The van der Waals surface area contributed by atoms with Crippen LogP contribution in [0.15, 0.2) is 30.0 Å². The van der Waals surface area contributed by atoms with E-state index in [0.29, 0.717) is 17.9 Å². The molecule has 6 rings (SSSR count). The van der Waals surface area contributed by atoms with Crippen molar-refractivity contribution in [2.75, 3.05) is 17.2 Å². The van der Waals surface area contributed by atoms with E-state index in [4.69, 9.17) is 15.0 Å². The number of terminal acetylenes is 2. The number of aryl methyl sites for hydroxylation is 1. The number of pyridine rings is 1. The molecule has 4 aromatic rings. The topological polar surface area (TPSA) is 88.5 Å². The Kier molecular flexibility index (Phi) is 9.05. The molecular weight excluding hydrogens is 498 g/mol. The van der Waals surface area contributed by atoms with Gasteiger partial charge in [0.05, 0.1) is 27.2 Å². The number of hydrogen-bond acceptors (Lipinski definition) is 9. The molecule has 0 amide bonds. The van der Waals surface area contributed by atoms with E-state index in [2.05, 4.69) is 58.6 Å². The maximum atomic E-state index is 4.95. The van der Waals surface area contributed by atoms with Crippen LogP contribution in [0.1, 0.15) is 42.8 Å².